The van der Waals surface area contributed by atoms with E-state index >= 15 is 0 Å². The van der Waals surface area contributed by atoms with Crippen molar-refractivity contribution in [2.24, 2.45) is 0 Å². The van der Waals surface area contributed by atoms with Crippen LogP contribution in [-0.2, 0) is 6.54 Å². The molecular weight excluding hydrogens is 386 g/mol. The van der Waals surface area contributed by atoms with E-state index in [1.807, 2.05) is 30.6 Å². The van der Waals surface area contributed by atoms with Crippen LogP contribution in [0.25, 0.3) is 27.7 Å². The van der Waals surface area contributed by atoms with E-state index in [9.17, 15) is 4.79 Å². The van der Waals surface area contributed by atoms with Gasteiger partial charge < -0.3 is 5.32 Å². The lowest BCUT2D eigenvalue weighted by Crippen LogP contribution is -2.44. The van der Waals surface area contributed by atoms with Gasteiger partial charge in [-0.15, -0.1) is 0 Å². The molecule has 0 amide bonds. The predicted molar refractivity (Wildman–Crippen MR) is 125 cm³/mol. The number of fused-ring (bicyclic) bond motifs is 1. The summed E-state index contributed by atoms with van der Waals surface area (Å²) in [5.41, 5.74) is 5.11. The molecule has 3 heterocycles. The molecule has 1 N–H and O–H groups in total. The van der Waals surface area contributed by atoms with Gasteiger partial charge in [0.2, 0.25) is 0 Å². The molecule has 6 nitrogen and oxygen atoms in total. The second-order valence-electron chi connectivity index (χ2n) is 8.19. The molecular formula is C25H27N5O. The fourth-order valence-corrected chi connectivity index (χ4v) is 4.19. The summed E-state index contributed by atoms with van der Waals surface area (Å²) in [5, 5.41) is 9.02. The van der Waals surface area contributed by atoms with Crippen LogP contribution in [0.1, 0.15) is 5.56 Å². The summed E-state index contributed by atoms with van der Waals surface area (Å²) >= 11 is 0. The number of nitrogens with one attached hydrogen (secondary N) is 1. The molecule has 0 atom stereocenters. The summed E-state index contributed by atoms with van der Waals surface area (Å²) in [4.78, 5) is 15.3. The van der Waals surface area contributed by atoms with E-state index < -0.39 is 0 Å². The molecule has 1 aliphatic rings. The molecule has 0 aliphatic carbocycles. The number of pyridine rings is 1. The number of nitrogens with zero attached hydrogens (tertiary/aromatic N) is 4. The second-order valence-corrected chi connectivity index (χ2v) is 8.19. The van der Waals surface area contributed by atoms with E-state index in [4.69, 9.17) is 0 Å². The van der Waals surface area contributed by atoms with Crippen LogP contribution >= 0.6 is 0 Å². The third-order valence-corrected chi connectivity index (χ3v) is 6.05. The average Bonchev–Trinajstić information content (AvgIpc) is 3.21. The molecule has 1 aliphatic heterocycles. The zero-order valence-corrected chi connectivity index (χ0v) is 17.8. The van der Waals surface area contributed by atoms with Gasteiger partial charge in [-0.25, -0.2) is 0 Å². The van der Waals surface area contributed by atoms with E-state index in [0.29, 0.717) is 0 Å². The van der Waals surface area contributed by atoms with Crippen molar-refractivity contribution in [1.82, 2.24) is 24.6 Å². The molecule has 0 saturated carbocycles. The highest BCUT2D eigenvalue weighted by molar-refractivity contribution is 5.81. The molecule has 158 valence electrons. The van der Waals surface area contributed by atoms with Gasteiger partial charge in [-0.05, 0) is 42.3 Å². The van der Waals surface area contributed by atoms with Gasteiger partial charge in [0.05, 0.1) is 18.3 Å². The summed E-state index contributed by atoms with van der Waals surface area (Å²) in [6, 6.07) is 18.0. The molecule has 0 spiro atoms. The molecule has 1 fully saturated rings. The fourth-order valence-electron chi connectivity index (χ4n) is 4.19. The highest BCUT2D eigenvalue weighted by Crippen LogP contribution is 2.21. The molecule has 2 aromatic carbocycles. The third kappa shape index (κ3) is 4.17. The van der Waals surface area contributed by atoms with Crippen molar-refractivity contribution in [3.05, 3.63) is 82.9 Å². The Hall–Kier alpha value is -3.22. The summed E-state index contributed by atoms with van der Waals surface area (Å²) in [6.45, 7) is 8.22. The van der Waals surface area contributed by atoms with Gasteiger partial charge in [0.1, 0.15) is 0 Å². The van der Waals surface area contributed by atoms with Crippen molar-refractivity contribution >= 4 is 10.9 Å². The maximum Gasteiger partial charge on any atom is 0.255 e. The third-order valence-electron chi connectivity index (χ3n) is 6.05. The van der Waals surface area contributed by atoms with Crippen LogP contribution in [0.3, 0.4) is 0 Å². The van der Waals surface area contributed by atoms with Gasteiger partial charge in [0, 0.05) is 56.1 Å². The molecule has 5 rings (SSSR count). The van der Waals surface area contributed by atoms with Crippen LogP contribution in [-0.4, -0.2) is 52.0 Å². The summed E-state index contributed by atoms with van der Waals surface area (Å²) in [5.74, 6) is 0. The highest BCUT2D eigenvalue weighted by Gasteiger charge is 2.11. The van der Waals surface area contributed by atoms with Gasteiger partial charge in [0.15, 0.2) is 0 Å². The lowest BCUT2D eigenvalue weighted by molar-refractivity contribution is 0.230. The van der Waals surface area contributed by atoms with Crippen LogP contribution in [0.2, 0.25) is 0 Å². The molecule has 0 radical (unpaired) electrons. The lowest BCUT2D eigenvalue weighted by atomic mass is 10.1. The Labute approximate surface area is 181 Å². The SMILES string of the molecule is Cc1ccc(-c2ccn(-c3ccc4c(cnn4CCN4CCNCC4)c3)c(=O)c2)cc1. The minimum atomic E-state index is -0.0384. The quantitative estimate of drug-likeness (QED) is 0.546. The van der Waals surface area contributed by atoms with Crippen molar-refractivity contribution in [2.45, 2.75) is 13.5 Å². The first-order chi connectivity index (χ1) is 15.2. The minimum absolute atomic E-state index is 0.0384. The van der Waals surface area contributed by atoms with E-state index in [-0.39, 0.29) is 5.56 Å². The van der Waals surface area contributed by atoms with Crippen LogP contribution in [0.15, 0.2) is 71.8 Å². The Balaban J connectivity index is 1.38. The van der Waals surface area contributed by atoms with Gasteiger partial charge >= 0.3 is 0 Å². The number of aromatic nitrogens is 3. The number of aryl methyl sites for hydroxylation is 1. The van der Waals surface area contributed by atoms with Crippen LogP contribution < -0.4 is 10.9 Å². The number of hydrogen-bond acceptors (Lipinski definition) is 4. The number of piperazine rings is 1. The van der Waals surface area contributed by atoms with Crippen LogP contribution in [0.4, 0.5) is 0 Å². The van der Waals surface area contributed by atoms with Crippen molar-refractivity contribution < 1.29 is 0 Å². The van der Waals surface area contributed by atoms with Gasteiger partial charge in [-0.2, -0.15) is 5.10 Å². The Morgan fingerprint density at radius 1 is 0.935 bits per heavy atom. The van der Waals surface area contributed by atoms with Crippen LogP contribution in [0, 0.1) is 6.92 Å². The topological polar surface area (TPSA) is 55.1 Å². The molecule has 0 bridgehead atoms. The molecule has 31 heavy (non-hydrogen) atoms. The van der Waals surface area contributed by atoms with Crippen molar-refractivity contribution in [3.8, 4) is 16.8 Å². The Bertz CT molecular complexity index is 1250. The summed E-state index contributed by atoms with van der Waals surface area (Å²) in [7, 11) is 0. The van der Waals surface area contributed by atoms with Gasteiger partial charge in [-0.1, -0.05) is 29.8 Å². The highest BCUT2D eigenvalue weighted by atomic mass is 16.1. The Morgan fingerprint density at radius 2 is 1.74 bits per heavy atom. The van der Waals surface area contributed by atoms with Crippen molar-refractivity contribution in [1.29, 1.82) is 0 Å². The molecule has 1 saturated heterocycles. The first-order valence-electron chi connectivity index (χ1n) is 10.9. The maximum atomic E-state index is 12.8. The predicted octanol–water partition coefficient (Wildman–Crippen LogP) is 3.07. The van der Waals surface area contributed by atoms with Gasteiger partial charge in [0.25, 0.3) is 5.56 Å². The first-order valence-corrected chi connectivity index (χ1v) is 10.9. The molecule has 0 unspecified atom stereocenters. The largest absolute Gasteiger partial charge is 0.314 e. The fraction of sp³-hybridized carbons (Fsp3) is 0.280. The normalized spacial score (nSPS) is 14.9. The zero-order chi connectivity index (χ0) is 21.2. The number of benzene rings is 2. The van der Waals surface area contributed by atoms with E-state index in [2.05, 4.69) is 57.3 Å². The minimum Gasteiger partial charge on any atom is -0.314 e. The van der Waals surface area contributed by atoms with E-state index in [0.717, 1.165) is 67.0 Å². The molecule has 6 heteroatoms. The summed E-state index contributed by atoms with van der Waals surface area (Å²) in [6.07, 6.45) is 3.75. The second kappa shape index (κ2) is 8.49. The van der Waals surface area contributed by atoms with E-state index in [1.54, 1.807) is 10.6 Å². The molecule has 2 aromatic heterocycles. The maximum absolute atomic E-state index is 12.8. The smallest absolute Gasteiger partial charge is 0.255 e. The zero-order valence-electron chi connectivity index (χ0n) is 17.8. The van der Waals surface area contributed by atoms with Crippen LogP contribution in [0.5, 0.6) is 0 Å². The van der Waals surface area contributed by atoms with E-state index in [1.165, 1.54) is 5.56 Å². The Morgan fingerprint density at radius 3 is 2.52 bits per heavy atom. The summed E-state index contributed by atoms with van der Waals surface area (Å²) < 4.78 is 3.75. The van der Waals surface area contributed by atoms with Gasteiger partial charge in [-0.3, -0.25) is 18.9 Å². The van der Waals surface area contributed by atoms with Crippen molar-refractivity contribution in [3.63, 3.8) is 0 Å². The number of rotatable bonds is 5. The van der Waals surface area contributed by atoms with Crippen molar-refractivity contribution in [2.75, 3.05) is 32.7 Å². The standard InChI is InChI=1S/C25H27N5O/c1-19-2-4-20(5-3-19)21-8-11-29(25(31)17-21)23-6-7-24-22(16-23)18-27-30(24)15-14-28-12-9-26-10-13-28/h2-8,11,16-18,26H,9-10,12-15H2,1H3. The lowest BCUT2D eigenvalue weighted by Gasteiger charge is -2.27. The first kappa shape index (κ1) is 19.7. The molecule has 4 aromatic rings. The Kier molecular flexibility index (Phi) is 5.40. The monoisotopic (exact) mass is 413 g/mol. The number of hydrogen-bond donors (Lipinski definition) is 1. The average molecular weight is 414 g/mol.